The van der Waals surface area contributed by atoms with Gasteiger partial charge in [-0.1, -0.05) is 18.7 Å². The topological polar surface area (TPSA) is 49.4 Å². The van der Waals surface area contributed by atoms with Crippen molar-refractivity contribution in [3.8, 4) is 0 Å². The van der Waals surface area contributed by atoms with Crippen molar-refractivity contribution in [1.82, 2.24) is 4.90 Å². The summed E-state index contributed by atoms with van der Waals surface area (Å²) in [5.41, 5.74) is 1.13. The maximum Gasteiger partial charge on any atom is 0.406 e. The highest BCUT2D eigenvalue weighted by molar-refractivity contribution is 5.98. The Balaban J connectivity index is 1.97. The lowest BCUT2D eigenvalue weighted by atomic mass is 10.1. The molecule has 0 aromatic heterocycles. The second kappa shape index (κ2) is 7.51. The first-order chi connectivity index (χ1) is 11.3. The van der Waals surface area contributed by atoms with Crippen LogP contribution >= 0.6 is 0 Å². The summed E-state index contributed by atoms with van der Waals surface area (Å²) in [6.45, 7) is 2.28. The van der Waals surface area contributed by atoms with Gasteiger partial charge in [-0.3, -0.25) is 9.59 Å². The van der Waals surface area contributed by atoms with E-state index in [-0.39, 0.29) is 24.8 Å². The summed E-state index contributed by atoms with van der Waals surface area (Å²) in [4.78, 5) is 24.3. The monoisotopic (exact) mass is 340 g/mol. The molecule has 0 atom stereocenters. The van der Waals surface area contributed by atoms with E-state index in [9.17, 15) is 22.8 Å². The lowest BCUT2D eigenvalue weighted by Crippen LogP contribution is -2.41. The zero-order valence-corrected chi connectivity index (χ0v) is 13.1. The molecular formula is C17H19F3N2O2. The Bertz CT molecular complexity index is 607. The first-order valence-corrected chi connectivity index (χ1v) is 7.63. The fraction of sp³-hybridized carbons (Fsp3) is 0.412. The molecule has 24 heavy (non-hydrogen) atoms. The number of hydrogen-bond donors (Lipinski definition) is 1. The summed E-state index contributed by atoms with van der Waals surface area (Å²) in [5, 5.41) is 2.56. The number of rotatable bonds is 7. The van der Waals surface area contributed by atoms with Gasteiger partial charge in [0.2, 0.25) is 11.8 Å². The van der Waals surface area contributed by atoms with E-state index in [0.717, 1.165) is 23.8 Å². The zero-order valence-electron chi connectivity index (χ0n) is 13.1. The third-order valence-electron chi connectivity index (χ3n) is 3.66. The molecule has 4 nitrogen and oxygen atoms in total. The molecule has 1 N–H and O–H groups in total. The molecular weight excluding hydrogens is 321 g/mol. The SMILES string of the molecule is C=CC(=O)Nc1ccc(CC(=O)N(CC2CC2)CC(F)(F)F)cc1. The van der Waals surface area contributed by atoms with Crippen molar-refractivity contribution in [3.63, 3.8) is 0 Å². The molecule has 0 aliphatic heterocycles. The summed E-state index contributed by atoms with van der Waals surface area (Å²) in [6.07, 6.45) is -1.62. The second-order valence-corrected chi connectivity index (χ2v) is 5.90. The molecule has 1 aromatic carbocycles. The van der Waals surface area contributed by atoms with E-state index in [4.69, 9.17) is 0 Å². The first-order valence-electron chi connectivity index (χ1n) is 7.63. The fourth-order valence-corrected chi connectivity index (χ4v) is 2.27. The van der Waals surface area contributed by atoms with Gasteiger partial charge >= 0.3 is 6.18 Å². The summed E-state index contributed by atoms with van der Waals surface area (Å²) in [7, 11) is 0. The van der Waals surface area contributed by atoms with Gasteiger partial charge in [0.25, 0.3) is 0 Å². The van der Waals surface area contributed by atoms with Crippen LogP contribution in [0.2, 0.25) is 0 Å². The molecule has 0 saturated heterocycles. The van der Waals surface area contributed by atoms with Gasteiger partial charge in [-0.15, -0.1) is 0 Å². The predicted molar refractivity (Wildman–Crippen MR) is 84.3 cm³/mol. The van der Waals surface area contributed by atoms with Gasteiger partial charge in [0, 0.05) is 12.2 Å². The van der Waals surface area contributed by atoms with Crippen LogP contribution in [0.3, 0.4) is 0 Å². The largest absolute Gasteiger partial charge is 0.406 e. The Hall–Kier alpha value is -2.31. The number of anilines is 1. The minimum atomic E-state index is -4.40. The van der Waals surface area contributed by atoms with Crippen LogP contribution in [0, 0.1) is 5.92 Å². The van der Waals surface area contributed by atoms with E-state index in [1.807, 2.05) is 0 Å². The maximum absolute atomic E-state index is 12.6. The Morgan fingerprint density at radius 3 is 2.38 bits per heavy atom. The van der Waals surface area contributed by atoms with Gasteiger partial charge in [-0.2, -0.15) is 13.2 Å². The van der Waals surface area contributed by atoms with Crippen molar-refractivity contribution in [2.45, 2.75) is 25.4 Å². The van der Waals surface area contributed by atoms with Crippen LogP contribution in [-0.4, -0.2) is 36.0 Å². The van der Waals surface area contributed by atoms with E-state index < -0.39 is 18.6 Å². The summed E-state index contributed by atoms with van der Waals surface area (Å²) in [6, 6.07) is 6.41. The predicted octanol–water partition coefficient (Wildman–Crippen LogP) is 3.15. The van der Waals surface area contributed by atoms with Gasteiger partial charge in [0.15, 0.2) is 0 Å². The van der Waals surface area contributed by atoms with Crippen LogP contribution in [-0.2, 0) is 16.0 Å². The lowest BCUT2D eigenvalue weighted by molar-refractivity contribution is -0.161. The van der Waals surface area contributed by atoms with Crippen molar-refractivity contribution in [2.24, 2.45) is 5.92 Å². The van der Waals surface area contributed by atoms with Gasteiger partial charge in [0.05, 0.1) is 6.42 Å². The average molecular weight is 340 g/mol. The van der Waals surface area contributed by atoms with Crippen LogP contribution in [0.25, 0.3) is 0 Å². The molecule has 1 aliphatic carbocycles. The number of nitrogens with one attached hydrogen (secondary N) is 1. The van der Waals surface area contributed by atoms with Gasteiger partial charge < -0.3 is 10.2 Å². The summed E-state index contributed by atoms with van der Waals surface area (Å²) < 4.78 is 37.9. The highest BCUT2D eigenvalue weighted by Crippen LogP contribution is 2.31. The van der Waals surface area contributed by atoms with Crippen LogP contribution in [0.1, 0.15) is 18.4 Å². The molecule has 0 unspecified atom stereocenters. The van der Waals surface area contributed by atoms with Crippen molar-refractivity contribution >= 4 is 17.5 Å². The Morgan fingerprint density at radius 1 is 1.25 bits per heavy atom. The van der Waals surface area contributed by atoms with Crippen LogP contribution < -0.4 is 5.32 Å². The van der Waals surface area contributed by atoms with E-state index in [2.05, 4.69) is 11.9 Å². The number of halogens is 3. The van der Waals surface area contributed by atoms with Gasteiger partial charge in [-0.25, -0.2) is 0 Å². The zero-order chi connectivity index (χ0) is 17.7. The Labute approximate surface area is 138 Å². The van der Waals surface area contributed by atoms with E-state index in [1.165, 1.54) is 0 Å². The van der Waals surface area contributed by atoms with Gasteiger partial charge in [0.1, 0.15) is 6.54 Å². The molecule has 0 bridgehead atoms. The van der Waals surface area contributed by atoms with Crippen molar-refractivity contribution in [1.29, 1.82) is 0 Å². The molecule has 1 aromatic rings. The first kappa shape index (κ1) is 18.0. The number of amides is 2. The van der Waals surface area contributed by atoms with Crippen molar-refractivity contribution < 1.29 is 22.8 Å². The molecule has 1 saturated carbocycles. The third kappa shape index (κ3) is 6.06. The molecule has 0 radical (unpaired) electrons. The number of alkyl halides is 3. The van der Waals surface area contributed by atoms with E-state index >= 15 is 0 Å². The molecule has 7 heteroatoms. The van der Waals surface area contributed by atoms with Crippen LogP contribution in [0.15, 0.2) is 36.9 Å². The van der Waals surface area contributed by atoms with E-state index in [1.54, 1.807) is 24.3 Å². The normalized spacial score (nSPS) is 14.1. The number of nitrogens with zero attached hydrogens (tertiary/aromatic N) is 1. The highest BCUT2D eigenvalue weighted by Gasteiger charge is 2.35. The quantitative estimate of drug-likeness (QED) is 0.775. The van der Waals surface area contributed by atoms with Crippen molar-refractivity contribution in [2.75, 3.05) is 18.4 Å². The van der Waals surface area contributed by atoms with E-state index in [0.29, 0.717) is 11.3 Å². The molecule has 0 spiro atoms. The number of benzene rings is 1. The standard InChI is InChI=1S/C17H19F3N2O2/c1-2-15(23)21-14-7-5-12(6-8-14)9-16(24)22(10-13-3-4-13)11-17(18,19)20/h2,5-8,13H,1,3-4,9-11H2,(H,21,23). The Kier molecular flexibility index (Phi) is 5.64. The number of hydrogen-bond acceptors (Lipinski definition) is 2. The molecule has 0 heterocycles. The highest BCUT2D eigenvalue weighted by atomic mass is 19.4. The summed E-state index contributed by atoms with van der Waals surface area (Å²) >= 11 is 0. The molecule has 2 rings (SSSR count). The minimum Gasteiger partial charge on any atom is -0.333 e. The number of carbonyl (C=O) groups excluding carboxylic acids is 2. The second-order valence-electron chi connectivity index (χ2n) is 5.90. The van der Waals surface area contributed by atoms with Gasteiger partial charge in [-0.05, 0) is 42.5 Å². The minimum absolute atomic E-state index is 0.0987. The fourth-order valence-electron chi connectivity index (χ4n) is 2.27. The average Bonchev–Trinajstić information content (AvgIpc) is 3.31. The molecule has 2 amide bonds. The Morgan fingerprint density at radius 2 is 1.88 bits per heavy atom. The molecule has 1 fully saturated rings. The number of carbonyl (C=O) groups is 2. The van der Waals surface area contributed by atoms with Crippen LogP contribution in [0.5, 0.6) is 0 Å². The van der Waals surface area contributed by atoms with Crippen LogP contribution in [0.4, 0.5) is 18.9 Å². The summed E-state index contributed by atoms with van der Waals surface area (Å²) in [5.74, 6) is -0.713. The third-order valence-corrected chi connectivity index (χ3v) is 3.66. The molecule has 130 valence electrons. The smallest absolute Gasteiger partial charge is 0.333 e. The van der Waals surface area contributed by atoms with Crippen molar-refractivity contribution in [3.05, 3.63) is 42.5 Å². The lowest BCUT2D eigenvalue weighted by Gasteiger charge is -2.24. The maximum atomic E-state index is 12.6. The molecule has 1 aliphatic rings.